The molecule has 1 aliphatic rings. The third-order valence-corrected chi connectivity index (χ3v) is 1.80. The molecule has 52 valence electrons. The summed E-state index contributed by atoms with van der Waals surface area (Å²) >= 11 is 0. The standard InChI is InChI=1S/C8H15N/c9-8-6-4-2-1-3-5-7-8/h2,4,8H,1,3,5-7,9H2. The van der Waals surface area contributed by atoms with Crippen molar-refractivity contribution in [2.45, 2.75) is 38.1 Å². The van der Waals surface area contributed by atoms with Gasteiger partial charge in [0.15, 0.2) is 0 Å². The molecule has 9 heavy (non-hydrogen) atoms. The first kappa shape index (κ1) is 6.81. The lowest BCUT2D eigenvalue weighted by atomic mass is 10.0. The van der Waals surface area contributed by atoms with Crippen LogP contribution in [0.25, 0.3) is 0 Å². The highest BCUT2D eigenvalue weighted by atomic mass is 14.6. The quantitative estimate of drug-likeness (QED) is 0.491. The van der Waals surface area contributed by atoms with Gasteiger partial charge < -0.3 is 5.73 Å². The Labute approximate surface area is 56.9 Å². The third-order valence-electron chi connectivity index (χ3n) is 1.80. The Morgan fingerprint density at radius 3 is 3.00 bits per heavy atom. The minimum absolute atomic E-state index is 0.432. The third kappa shape index (κ3) is 2.66. The Bertz CT molecular complexity index is 96.7. The Morgan fingerprint density at radius 1 is 1.22 bits per heavy atom. The van der Waals surface area contributed by atoms with E-state index in [-0.39, 0.29) is 0 Å². The molecular weight excluding hydrogens is 110 g/mol. The molecule has 0 aromatic heterocycles. The van der Waals surface area contributed by atoms with Gasteiger partial charge in [-0.1, -0.05) is 18.6 Å². The van der Waals surface area contributed by atoms with E-state index in [1.165, 1.54) is 25.7 Å². The summed E-state index contributed by atoms with van der Waals surface area (Å²) in [7, 11) is 0. The second-order valence-electron chi connectivity index (χ2n) is 2.75. The number of nitrogens with two attached hydrogens (primary N) is 1. The van der Waals surface area contributed by atoms with E-state index in [1.807, 2.05) is 0 Å². The summed E-state index contributed by atoms with van der Waals surface area (Å²) in [5.74, 6) is 0. The molecule has 0 bridgehead atoms. The lowest BCUT2D eigenvalue weighted by molar-refractivity contribution is 0.560. The molecule has 0 fully saturated rings. The molecule has 1 unspecified atom stereocenters. The van der Waals surface area contributed by atoms with Crippen LogP contribution in [-0.2, 0) is 0 Å². The topological polar surface area (TPSA) is 26.0 Å². The summed E-state index contributed by atoms with van der Waals surface area (Å²) in [6.45, 7) is 0. The van der Waals surface area contributed by atoms with E-state index in [0.717, 1.165) is 6.42 Å². The molecule has 0 aromatic rings. The SMILES string of the molecule is NC1CC=CCCCC1. The molecule has 1 nitrogen and oxygen atoms in total. The minimum Gasteiger partial charge on any atom is -0.327 e. The maximum Gasteiger partial charge on any atom is 0.00734 e. The number of rotatable bonds is 0. The average Bonchev–Trinajstić information content (AvgIpc) is 1.79. The van der Waals surface area contributed by atoms with E-state index >= 15 is 0 Å². The second-order valence-corrected chi connectivity index (χ2v) is 2.75. The van der Waals surface area contributed by atoms with Gasteiger partial charge in [-0.15, -0.1) is 0 Å². The molecule has 0 heterocycles. The van der Waals surface area contributed by atoms with E-state index in [2.05, 4.69) is 12.2 Å². The molecule has 0 saturated carbocycles. The van der Waals surface area contributed by atoms with Gasteiger partial charge >= 0.3 is 0 Å². The molecule has 1 heteroatoms. The molecule has 0 aliphatic heterocycles. The van der Waals surface area contributed by atoms with Crippen LogP contribution in [0.1, 0.15) is 32.1 Å². The highest BCUT2D eigenvalue weighted by Gasteiger charge is 2.00. The zero-order valence-corrected chi connectivity index (χ0v) is 5.84. The summed E-state index contributed by atoms with van der Waals surface area (Å²) in [4.78, 5) is 0. The molecule has 0 aromatic carbocycles. The van der Waals surface area contributed by atoms with Gasteiger partial charge in [-0.05, 0) is 25.7 Å². The van der Waals surface area contributed by atoms with Crippen LogP contribution in [0.3, 0.4) is 0 Å². The first-order valence-corrected chi connectivity index (χ1v) is 3.80. The fourth-order valence-corrected chi connectivity index (χ4v) is 1.18. The molecular formula is C8H15N. The zero-order chi connectivity index (χ0) is 6.53. The molecule has 0 radical (unpaired) electrons. The Balaban J connectivity index is 2.28. The summed E-state index contributed by atoms with van der Waals surface area (Å²) < 4.78 is 0. The lowest BCUT2D eigenvalue weighted by Crippen LogP contribution is -2.18. The van der Waals surface area contributed by atoms with E-state index in [4.69, 9.17) is 5.73 Å². The van der Waals surface area contributed by atoms with E-state index in [0.29, 0.717) is 6.04 Å². The predicted molar refractivity (Wildman–Crippen MR) is 40.2 cm³/mol. The molecule has 1 atom stereocenters. The predicted octanol–water partition coefficient (Wildman–Crippen LogP) is 1.83. The van der Waals surface area contributed by atoms with Crippen molar-refractivity contribution >= 4 is 0 Å². The van der Waals surface area contributed by atoms with Gasteiger partial charge in [-0.2, -0.15) is 0 Å². The fourth-order valence-electron chi connectivity index (χ4n) is 1.18. The average molecular weight is 125 g/mol. The van der Waals surface area contributed by atoms with Crippen molar-refractivity contribution in [3.8, 4) is 0 Å². The first-order valence-electron chi connectivity index (χ1n) is 3.80. The number of hydrogen-bond acceptors (Lipinski definition) is 1. The number of allylic oxidation sites excluding steroid dienone is 1. The van der Waals surface area contributed by atoms with Crippen LogP contribution >= 0.6 is 0 Å². The summed E-state index contributed by atoms with van der Waals surface area (Å²) in [6, 6.07) is 0.432. The van der Waals surface area contributed by atoms with E-state index in [9.17, 15) is 0 Å². The number of hydrogen-bond donors (Lipinski definition) is 1. The van der Waals surface area contributed by atoms with Crippen LogP contribution in [0.15, 0.2) is 12.2 Å². The van der Waals surface area contributed by atoms with Crippen LogP contribution in [-0.4, -0.2) is 6.04 Å². The smallest absolute Gasteiger partial charge is 0.00734 e. The van der Waals surface area contributed by atoms with Gasteiger partial charge in [0, 0.05) is 6.04 Å². The van der Waals surface area contributed by atoms with Gasteiger partial charge in [0.2, 0.25) is 0 Å². The van der Waals surface area contributed by atoms with Gasteiger partial charge in [0.1, 0.15) is 0 Å². The van der Waals surface area contributed by atoms with Crippen LogP contribution in [0.4, 0.5) is 0 Å². The Morgan fingerprint density at radius 2 is 2.11 bits per heavy atom. The molecule has 1 rings (SSSR count). The summed E-state index contributed by atoms with van der Waals surface area (Å²) in [6.07, 6.45) is 10.6. The van der Waals surface area contributed by atoms with Gasteiger partial charge in [-0.25, -0.2) is 0 Å². The van der Waals surface area contributed by atoms with Crippen LogP contribution in [0.5, 0.6) is 0 Å². The van der Waals surface area contributed by atoms with Crippen molar-refractivity contribution in [3.05, 3.63) is 12.2 Å². The minimum atomic E-state index is 0.432. The maximum absolute atomic E-state index is 5.75. The van der Waals surface area contributed by atoms with Crippen LogP contribution in [0, 0.1) is 0 Å². The Kier molecular flexibility index (Phi) is 2.78. The molecule has 0 amide bonds. The molecule has 0 spiro atoms. The van der Waals surface area contributed by atoms with Crippen LogP contribution in [0.2, 0.25) is 0 Å². The highest BCUT2D eigenvalue weighted by molar-refractivity contribution is 4.87. The van der Waals surface area contributed by atoms with E-state index in [1.54, 1.807) is 0 Å². The molecule has 1 aliphatic carbocycles. The highest BCUT2D eigenvalue weighted by Crippen LogP contribution is 2.09. The normalized spacial score (nSPS) is 29.2. The van der Waals surface area contributed by atoms with Crippen molar-refractivity contribution in [1.82, 2.24) is 0 Å². The monoisotopic (exact) mass is 125 g/mol. The molecule has 2 N–H and O–H groups in total. The van der Waals surface area contributed by atoms with Crippen molar-refractivity contribution in [2.75, 3.05) is 0 Å². The Hall–Kier alpha value is -0.300. The van der Waals surface area contributed by atoms with Gasteiger partial charge in [0.05, 0.1) is 0 Å². The largest absolute Gasteiger partial charge is 0.327 e. The second kappa shape index (κ2) is 3.67. The maximum atomic E-state index is 5.75. The van der Waals surface area contributed by atoms with Gasteiger partial charge in [-0.3, -0.25) is 0 Å². The first-order chi connectivity index (χ1) is 4.39. The molecule has 0 saturated heterocycles. The van der Waals surface area contributed by atoms with Crippen molar-refractivity contribution < 1.29 is 0 Å². The van der Waals surface area contributed by atoms with E-state index < -0.39 is 0 Å². The van der Waals surface area contributed by atoms with Crippen molar-refractivity contribution in [3.63, 3.8) is 0 Å². The zero-order valence-electron chi connectivity index (χ0n) is 5.84. The van der Waals surface area contributed by atoms with Gasteiger partial charge in [0.25, 0.3) is 0 Å². The van der Waals surface area contributed by atoms with Crippen molar-refractivity contribution in [2.24, 2.45) is 5.73 Å². The summed E-state index contributed by atoms with van der Waals surface area (Å²) in [5, 5.41) is 0. The van der Waals surface area contributed by atoms with Crippen LogP contribution < -0.4 is 5.73 Å². The fraction of sp³-hybridized carbons (Fsp3) is 0.750. The van der Waals surface area contributed by atoms with Crippen molar-refractivity contribution in [1.29, 1.82) is 0 Å². The summed E-state index contributed by atoms with van der Waals surface area (Å²) in [5.41, 5.74) is 5.75. The lowest BCUT2D eigenvalue weighted by Gasteiger charge is -2.09.